The molecule has 4 N–H and O–H groups in total. The molecule has 0 saturated heterocycles. The first-order valence-electron chi connectivity index (χ1n) is 7.08. The molecule has 0 spiro atoms. The standard InChI is InChI=1S/C14H21N3O3S/c1-10-12(8-5-9-13(10)21(15,19)20)17-14(18)16-11-6-3-2-4-7-11/h5,8-9,11H,2-4,6-7H2,1H3,(H2,15,19,20)(H2,16,17,18). The minimum atomic E-state index is -3.79. The smallest absolute Gasteiger partial charge is 0.319 e. The number of carbonyl (C=O) groups is 1. The third kappa shape index (κ3) is 4.18. The first-order chi connectivity index (χ1) is 9.88. The van der Waals surface area contributed by atoms with Gasteiger partial charge < -0.3 is 10.6 Å². The van der Waals surface area contributed by atoms with Gasteiger partial charge in [-0.1, -0.05) is 25.3 Å². The predicted molar refractivity (Wildman–Crippen MR) is 81.6 cm³/mol. The molecule has 0 aromatic heterocycles. The van der Waals surface area contributed by atoms with E-state index in [1.54, 1.807) is 19.1 Å². The SMILES string of the molecule is Cc1c(NC(=O)NC2CCCCC2)cccc1S(N)(=O)=O. The maximum Gasteiger partial charge on any atom is 0.319 e. The number of amides is 2. The summed E-state index contributed by atoms with van der Waals surface area (Å²) in [5.41, 5.74) is 0.897. The quantitative estimate of drug-likeness (QED) is 0.796. The van der Waals surface area contributed by atoms with Crippen LogP contribution >= 0.6 is 0 Å². The van der Waals surface area contributed by atoms with E-state index in [0.717, 1.165) is 25.7 Å². The number of benzene rings is 1. The van der Waals surface area contributed by atoms with Crippen molar-refractivity contribution in [3.63, 3.8) is 0 Å². The van der Waals surface area contributed by atoms with E-state index in [2.05, 4.69) is 10.6 Å². The van der Waals surface area contributed by atoms with E-state index in [4.69, 9.17) is 5.14 Å². The lowest BCUT2D eigenvalue weighted by Gasteiger charge is -2.23. The van der Waals surface area contributed by atoms with Crippen LogP contribution in [0.1, 0.15) is 37.7 Å². The molecule has 0 unspecified atom stereocenters. The number of carbonyl (C=O) groups excluding carboxylic acids is 1. The third-order valence-electron chi connectivity index (χ3n) is 3.78. The Morgan fingerprint density at radius 1 is 1.24 bits per heavy atom. The molecule has 2 rings (SSSR count). The van der Waals surface area contributed by atoms with Gasteiger partial charge in [-0.05, 0) is 37.5 Å². The average molecular weight is 311 g/mol. The molecule has 2 amide bonds. The van der Waals surface area contributed by atoms with Crippen molar-refractivity contribution in [3.05, 3.63) is 23.8 Å². The van der Waals surface area contributed by atoms with Gasteiger partial charge in [-0.15, -0.1) is 0 Å². The Labute approximate surface area is 125 Å². The van der Waals surface area contributed by atoms with Crippen molar-refractivity contribution in [2.75, 3.05) is 5.32 Å². The predicted octanol–water partition coefficient (Wildman–Crippen LogP) is 2.10. The molecular formula is C14H21N3O3S. The summed E-state index contributed by atoms with van der Waals surface area (Å²) in [5.74, 6) is 0. The Morgan fingerprint density at radius 2 is 1.90 bits per heavy atom. The highest BCUT2D eigenvalue weighted by atomic mass is 32.2. The van der Waals surface area contributed by atoms with E-state index in [-0.39, 0.29) is 17.0 Å². The zero-order valence-electron chi connectivity index (χ0n) is 12.1. The second kappa shape index (κ2) is 6.44. The Hall–Kier alpha value is -1.60. The fourth-order valence-electron chi connectivity index (χ4n) is 2.65. The summed E-state index contributed by atoms with van der Waals surface area (Å²) in [6, 6.07) is 4.53. The summed E-state index contributed by atoms with van der Waals surface area (Å²) in [7, 11) is -3.79. The average Bonchev–Trinajstić information content (AvgIpc) is 2.41. The minimum absolute atomic E-state index is 0.0259. The van der Waals surface area contributed by atoms with Crippen LogP contribution in [0.3, 0.4) is 0 Å². The molecule has 0 aliphatic heterocycles. The summed E-state index contributed by atoms with van der Waals surface area (Å²) in [5, 5.41) is 10.8. The number of urea groups is 1. The third-order valence-corrected chi connectivity index (χ3v) is 4.83. The van der Waals surface area contributed by atoms with Gasteiger partial charge in [-0.25, -0.2) is 18.4 Å². The topological polar surface area (TPSA) is 101 Å². The van der Waals surface area contributed by atoms with E-state index in [1.165, 1.54) is 12.5 Å². The van der Waals surface area contributed by atoms with Crippen molar-refractivity contribution in [1.29, 1.82) is 0 Å². The molecule has 0 bridgehead atoms. The van der Waals surface area contributed by atoms with Gasteiger partial charge in [-0.2, -0.15) is 0 Å². The maximum absolute atomic E-state index is 12.0. The van der Waals surface area contributed by atoms with Crippen LogP contribution in [0.25, 0.3) is 0 Å². The minimum Gasteiger partial charge on any atom is -0.335 e. The van der Waals surface area contributed by atoms with Crippen molar-refractivity contribution >= 4 is 21.7 Å². The molecule has 1 fully saturated rings. The van der Waals surface area contributed by atoms with Crippen LogP contribution in [0.15, 0.2) is 23.1 Å². The lowest BCUT2D eigenvalue weighted by molar-refractivity contribution is 0.244. The number of rotatable bonds is 3. The summed E-state index contributed by atoms with van der Waals surface area (Å²) in [6.45, 7) is 1.62. The van der Waals surface area contributed by atoms with Gasteiger partial charge in [0.1, 0.15) is 0 Å². The fourth-order valence-corrected chi connectivity index (χ4v) is 3.45. The Balaban J connectivity index is 2.07. The number of nitrogens with one attached hydrogen (secondary N) is 2. The first kappa shape index (κ1) is 15.8. The Bertz CT molecular complexity index is 622. The van der Waals surface area contributed by atoms with Crippen LogP contribution < -0.4 is 15.8 Å². The lowest BCUT2D eigenvalue weighted by atomic mass is 9.96. The van der Waals surface area contributed by atoms with Gasteiger partial charge in [0.05, 0.1) is 4.90 Å². The number of primary sulfonamides is 1. The van der Waals surface area contributed by atoms with Crippen molar-refractivity contribution in [2.45, 2.75) is 50.0 Å². The second-order valence-electron chi connectivity index (χ2n) is 5.41. The summed E-state index contributed by atoms with van der Waals surface area (Å²) >= 11 is 0. The molecule has 1 aliphatic carbocycles. The second-order valence-corrected chi connectivity index (χ2v) is 6.94. The zero-order valence-corrected chi connectivity index (χ0v) is 12.9. The molecular weight excluding hydrogens is 290 g/mol. The lowest BCUT2D eigenvalue weighted by Crippen LogP contribution is -2.39. The summed E-state index contributed by atoms with van der Waals surface area (Å²) < 4.78 is 22.9. The molecule has 1 saturated carbocycles. The van der Waals surface area contributed by atoms with Gasteiger partial charge >= 0.3 is 6.03 Å². The molecule has 1 aromatic carbocycles. The molecule has 21 heavy (non-hydrogen) atoms. The zero-order chi connectivity index (χ0) is 15.5. The molecule has 7 heteroatoms. The van der Waals surface area contributed by atoms with Gasteiger partial charge in [-0.3, -0.25) is 0 Å². The number of anilines is 1. The largest absolute Gasteiger partial charge is 0.335 e. The van der Waals surface area contributed by atoms with Crippen LogP contribution in [-0.2, 0) is 10.0 Å². The Morgan fingerprint density at radius 3 is 2.52 bits per heavy atom. The van der Waals surface area contributed by atoms with Crippen LogP contribution in [-0.4, -0.2) is 20.5 Å². The van der Waals surface area contributed by atoms with E-state index in [0.29, 0.717) is 11.3 Å². The number of hydrogen-bond donors (Lipinski definition) is 3. The molecule has 6 nitrogen and oxygen atoms in total. The van der Waals surface area contributed by atoms with Crippen LogP contribution in [0.2, 0.25) is 0 Å². The van der Waals surface area contributed by atoms with E-state index >= 15 is 0 Å². The van der Waals surface area contributed by atoms with Gasteiger partial charge in [0.2, 0.25) is 10.0 Å². The molecule has 1 aromatic rings. The first-order valence-corrected chi connectivity index (χ1v) is 8.62. The van der Waals surface area contributed by atoms with Crippen LogP contribution in [0.5, 0.6) is 0 Å². The van der Waals surface area contributed by atoms with E-state index in [9.17, 15) is 13.2 Å². The van der Waals surface area contributed by atoms with E-state index in [1.807, 2.05) is 0 Å². The van der Waals surface area contributed by atoms with Gasteiger partial charge in [0.15, 0.2) is 0 Å². The fraction of sp³-hybridized carbons (Fsp3) is 0.500. The molecule has 0 atom stereocenters. The Kier molecular flexibility index (Phi) is 4.84. The molecule has 116 valence electrons. The number of nitrogens with two attached hydrogens (primary N) is 1. The number of sulfonamides is 1. The highest BCUT2D eigenvalue weighted by Gasteiger charge is 2.18. The van der Waals surface area contributed by atoms with E-state index < -0.39 is 10.0 Å². The molecule has 1 aliphatic rings. The summed E-state index contributed by atoms with van der Waals surface area (Å²) in [6.07, 6.45) is 5.46. The van der Waals surface area contributed by atoms with Gasteiger partial charge in [0.25, 0.3) is 0 Å². The van der Waals surface area contributed by atoms with Crippen LogP contribution in [0.4, 0.5) is 10.5 Å². The monoisotopic (exact) mass is 311 g/mol. The highest BCUT2D eigenvalue weighted by molar-refractivity contribution is 7.89. The van der Waals surface area contributed by atoms with Crippen molar-refractivity contribution < 1.29 is 13.2 Å². The number of hydrogen-bond acceptors (Lipinski definition) is 3. The van der Waals surface area contributed by atoms with Crippen molar-refractivity contribution in [2.24, 2.45) is 5.14 Å². The van der Waals surface area contributed by atoms with Gasteiger partial charge in [0, 0.05) is 11.7 Å². The molecule has 0 heterocycles. The summed E-state index contributed by atoms with van der Waals surface area (Å²) in [4.78, 5) is 12.0. The van der Waals surface area contributed by atoms with Crippen molar-refractivity contribution in [1.82, 2.24) is 5.32 Å². The van der Waals surface area contributed by atoms with Crippen LogP contribution in [0, 0.1) is 6.92 Å². The normalized spacial score (nSPS) is 16.5. The highest BCUT2D eigenvalue weighted by Crippen LogP contribution is 2.22. The van der Waals surface area contributed by atoms with Crippen molar-refractivity contribution in [3.8, 4) is 0 Å². The molecule has 0 radical (unpaired) electrons. The maximum atomic E-state index is 12.0.